The molecule has 0 atom stereocenters. The lowest BCUT2D eigenvalue weighted by Gasteiger charge is -2.49. The highest BCUT2D eigenvalue weighted by Gasteiger charge is 2.41. The third-order valence-electron chi connectivity index (χ3n) is 5.38. The first kappa shape index (κ1) is 24.4. The zero-order valence-corrected chi connectivity index (χ0v) is 19.6. The number of carbonyl (C=O) groups is 1. The van der Waals surface area contributed by atoms with Crippen molar-refractivity contribution in [3.63, 3.8) is 0 Å². The number of unbranched alkanes of at least 4 members (excludes halogenated alkanes) is 1. The van der Waals surface area contributed by atoms with Gasteiger partial charge in [-0.2, -0.15) is 4.72 Å². The highest BCUT2D eigenvalue weighted by Crippen LogP contribution is 2.32. The minimum absolute atomic E-state index is 0.0463. The molecule has 1 heterocycles. The molecule has 0 aliphatic carbocycles. The van der Waals surface area contributed by atoms with Crippen molar-refractivity contribution in [2.75, 3.05) is 13.1 Å². The summed E-state index contributed by atoms with van der Waals surface area (Å²) in [4.78, 5) is 15.5. The van der Waals surface area contributed by atoms with E-state index in [-0.39, 0.29) is 34.5 Å². The van der Waals surface area contributed by atoms with Gasteiger partial charge in [0.25, 0.3) is 5.91 Å². The normalized spacial score (nSPS) is 18.5. The van der Waals surface area contributed by atoms with Gasteiger partial charge in [-0.3, -0.25) is 4.79 Å². The van der Waals surface area contributed by atoms with E-state index < -0.39 is 10.0 Å². The minimum Gasteiger partial charge on any atom is -0.336 e. The molecule has 1 fully saturated rings. The second-order valence-corrected chi connectivity index (χ2v) is 11.1. The average molecular weight is 434 g/mol. The van der Waals surface area contributed by atoms with Crippen molar-refractivity contribution in [2.45, 2.75) is 82.3 Å². The van der Waals surface area contributed by atoms with Crippen LogP contribution in [0.5, 0.6) is 0 Å². The third kappa shape index (κ3) is 6.31. The molecule has 1 aromatic rings. The molecule has 1 amide bonds. The second-order valence-electron chi connectivity index (χ2n) is 9.36. The Hall–Kier alpha value is -1.88. The van der Waals surface area contributed by atoms with Gasteiger partial charge in [0.2, 0.25) is 10.0 Å². The number of rotatable bonds is 8. The molecule has 166 valence electrons. The van der Waals surface area contributed by atoms with Crippen LogP contribution < -0.4 is 10.0 Å². The van der Waals surface area contributed by atoms with E-state index in [1.807, 2.05) is 4.90 Å². The van der Waals surface area contributed by atoms with Crippen LogP contribution in [-0.4, -0.2) is 49.4 Å². The molecule has 0 spiro atoms. The Kier molecular flexibility index (Phi) is 7.73. The van der Waals surface area contributed by atoms with Crippen LogP contribution >= 0.6 is 0 Å². The summed E-state index contributed by atoms with van der Waals surface area (Å²) in [5.41, 5.74) is 0.187. The number of piperidine rings is 1. The van der Waals surface area contributed by atoms with Gasteiger partial charge in [-0.05, 0) is 65.2 Å². The summed E-state index contributed by atoms with van der Waals surface area (Å²) >= 11 is 0. The molecule has 1 aliphatic rings. The summed E-state index contributed by atoms with van der Waals surface area (Å²) in [6, 6.07) is 6.28. The molecule has 2 N–H and O–H groups in total. The Bertz CT molecular complexity index is 885. The van der Waals surface area contributed by atoms with E-state index in [9.17, 15) is 13.2 Å². The van der Waals surface area contributed by atoms with Crippen LogP contribution in [0.1, 0.15) is 70.7 Å². The minimum atomic E-state index is -3.76. The van der Waals surface area contributed by atoms with Gasteiger partial charge < -0.3 is 10.2 Å². The van der Waals surface area contributed by atoms with Gasteiger partial charge in [0, 0.05) is 29.2 Å². The molecule has 0 bridgehead atoms. The predicted molar refractivity (Wildman–Crippen MR) is 121 cm³/mol. The first-order valence-corrected chi connectivity index (χ1v) is 12.0. The number of amides is 1. The number of hydrogen-bond acceptors (Lipinski definition) is 4. The first-order valence-electron chi connectivity index (χ1n) is 10.5. The monoisotopic (exact) mass is 433 g/mol. The summed E-state index contributed by atoms with van der Waals surface area (Å²) in [5, 5.41) is 3.66. The Morgan fingerprint density at radius 3 is 2.47 bits per heavy atom. The van der Waals surface area contributed by atoms with Gasteiger partial charge in [-0.25, -0.2) is 8.42 Å². The topological polar surface area (TPSA) is 78.5 Å². The van der Waals surface area contributed by atoms with Crippen LogP contribution in [0, 0.1) is 12.3 Å². The van der Waals surface area contributed by atoms with Crippen LogP contribution in [0.25, 0.3) is 0 Å². The smallest absolute Gasteiger partial charge is 0.254 e. The van der Waals surface area contributed by atoms with Crippen molar-refractivity contribution in [3.05, 3.63) is 29.8 Å². The lowest BCUT2D eigenvalue weighted by atomic mass is 9.78. The number of carbonyl (C=O) groups excluding carboxylic acids is 1. The highest BCUT2D eigenvalue weighted by molar-refractivity contribution is 7.89. The van der Waals surface area contributed by atoms with Gasteiger partial charge in [0.15, 0.2) is 0 Å². The van der Waals surface area contributed by atoms with Crippen LogP contribution in [0.15, 0.2) is 29.2 Å². The second kappa shape index (κ2) is 9.51. The lowest BCUT2D eigenvalue weighted by molar-refractivity contribution is 0.0441. The maximum atomic E-state index is 13.5. The number of nitrogens with zero attached hydrogens (tertiary/aromatic N) is 1. The molecule has 6 nitrogen and oxygen atoms in total. The quantitative estimate of drug-likeness (QED) is 0.618. The fourth-order valence-electron chi connectivity index (χ4n) is 4.45. The molecule has 1 aromatic carbocycles. The molecule has 1 saturated heterocycles. The van der Waals surface area contributed by atoms with E-state index in [1.54, 1.807) is 12.1 Å². The molecule has 0 saturated carbocycles. The van der Waals surface area contributed by atoms with Crippen molar-refractivity contribution in [3.8, 4) is 12.3 Å². The zero-order chi connectivity index (χ0) is 22.6. The van der Waals surface area contributed by atoms with Gasteiger partial charge in [0.05, 0.1) is 11.4 Å². The third-order valence-corrected chi connectivity index (χ3v) is 6.78. The van der Waals surface area contributed by atoms with Crippen molar-refractivity contribution >= 4 is 15.9 Å². The summed E-state index contributed by atoms with van der Waals surface area (Å²) < 4.78 is 27.2. The number of nitrogens with one attached hydrogen (secondary N) is 2. The summed E-state index contributed by atoms with van der Waals surface area (Å²) in [6.45, 7) is 11.3. The Labute approximate surface area is 181 Å². The standard InChI is InChI=1S/C23H35N3O3S/c1-7-9-14-26(19-16-22(3,4)25-23(5,6)17-19)21(27)18-11-10-12-20(15-18)30(28,29)24-13-8-2/h2,10-12,15,19,24-25H,7,9,13-14,16-17H2,1,3-6H3. The lowest BCUT2D eigenvalue weighted by Crippen LogP contribution is -2.62. The van der Waals surface area contributed by atoms with Crippen LogP contribution in [0.4, 0.5) is 0 Å². The van der Waals surface area contributed by atoms with E-state index in [4.69, 9.17) is 6.42 Å². The molecule has 0 radical (unpaired) electrons. The van der Waals surface area contributed by atoms with Gasteiger partial charge in [-0.15, -0.1) is 6.42 Å². The summed E-state index contributed by atoms with van der Waals surface area (Å²) in [6.07, 6.45) is 8.72. The number of sulfonamides is 1. The van der Waals surface area contributed by atoms with Crippen molar-refractivity contribution < 1.29 is 13.2 Å². The van der Waals surface area contributed by atoms with E-state index in [2.05, 4.69) is 50.6 Å². The SMILES string of the molecule is C#CCNS(=O)(=O)c1cccc(C(=O)N(CCCC)C2CC(C)(C)NC(C)(C)C2)c1. The van der Waals surface area contributed by atoms with Gasteiger partial charge in [0.1, 0.15) is 0 Å². The van der Waals surface area contributed by atoms with E-state index >= 15 is 0 Å². The molecule has 0 aromatic heterocycles. The Morgan fingerprint density at radius 1 is 1.27 bits per heavy atom. The molecule has 7 heteroatoms. The van der Waals surface area contributed by atoms with Crippen LogP contribution in [0.2, 0.25) is 0 Å². The van der Waals surface area contributed by atoms with Crippen LogP contribution in [0.3, 0.4) is 0 Å². The zero-order valence-electron chi connectivity index (χ0n) is 18.8. The maximum absolute atomic E-state index is 13.5. The fourth-order valence-corrected chi connectivity index (χ4v) is 5.43. The van der Waals surface area contributed by atoms with Crippen molar-refractivity contribution in [2.24, 2.45) is 0 Å². The van der Waals surface area contributed by atoms with E-state index in [0.29, 0.717) is 12.1 Å². The highest BCUT2D eigenvalue weighted by atomic mass is 32.2. The first-order chi connectivity index (χ1) is 13.9. The van der Waals surface area contributed by atoms with Gasteiger partial charge >= 0.3 is 0 Å². The maximum Gasteiger partial charge on any atom is 0.254 e. The Morgan fingerprint density at radius 2 is 1.90 bits per heavy atom. The molecule has 30 heavy (non-hydrogen) atoms. The largest absolute Gasteiger partial charge is 0.336 e. The predicted octanol–water partition coefficient (Wildman–Crippen LogP) is 3.15. The Balaban J connectivity index is 2.36. The number of hydrogen-bond donors (Lipinski definition) is 2. The van der Waals surface area contributed by atoms with Crippen LogP contribution in [-0.2, 0) is 10.0 Å². The van der Waals surface area contributed by atoms with Crippen molar-refractivity contribution in [1.29, 1.82) is 0 Å². The molecule has 1 aliphatic heterocycles. The molecule has 2 rings (SSSR count). The summed E-state index contributed by atoms with van der Waals surface area (Å²) in [7, 11) is -3.76. The van der Waals surface area contributed by atoms with E-state index in [0.717, 1.165) is 25.7 Å². The van der Waals surface area contributed by atoms with Crippen molar-refractivity contribution in [1.82, 2.24) is 14.9 Å². The number of benzene rings is 1. The summed E-state index contributed by atoms with van der Waals surface area (Å²) in [5.74, 6) is 2.13. The fraction of sp³-hybridized carbons (Fsp3) is 0.609. The molecular formula is C23H35N3O3S. The average Bonchev–Trinajstić information content (AvgIpc) is 2.64. The van der Waals surface area contributed by atoms with E-state index in [1.165, 1.54) is 12.1 Å². The van der Waals surface area contributed by atoms with Gasteiger partial charge in [-0.1, -0.05) is 25.3 Å². The number of terminal acetylenes is 1. The molecular weight excluding hydrogens is 398 g/mol. The molecule has 0 unspecified atom stereocenters.